The van der Waals surface area contributed by atoms with Gasteiger partial charge in [0.05, 0.1) is 6.54 Å². The Morgan fingerprint density at radius 2 is 1.71 bits per heavy atom. The Hall–Kier alpha value is -2.47. The second kappa shape index (κ2) is 6.97. The minimum Gasteiger partial charge on any atom is -0.322 e. The molecular weight excluding hydrogens is 372 g/mol. The third kappa shape index (κ3) is 3.71. The Morgan fingerprint density at radius 3 is 2.33 bits per heavy atom. The molecule has 0 aliphatic carbocycles. The lowest BCUT2D eigenvalue weighted by atomic mass is 10.1. The number of nitrogens with one attached hydrogen (secondary N) is 1. The van der Waals surface area contributed by atoms with E-state index in [1.807, 2.05) is 24.3 Å². The molecule has 1 N–H and O–H groups in total. The van der Waals surface area contributed by atoms with E-state index >= 15 is 0 Å². The standard InChI is InChI=1S/C18H15BrN2O3/c19-14-2-1-3-15(10-14)20-18(24)13-6-4-12(5-7-13)11-21-16(22)8-9-17(21)23/h1-7,10H,8-9,11H2,(H,20,24). The Balaban J connectivity index is 1.66. The highest BCUT2D eigenvalue weighted by Gasteiger charge is 2.28. The van der Waals surface area contributed by atoms with Crippen LogP contribution in [-0.4, -0.2) is 22.6 Å². The summed E-state index contributed by atoms with van der Waals surface area (Å²) >= 11 is 3.36. The lowest BCUT2D eigenvalue weighted by molar-refractivity contribution is -0.139. The molecule has 122 valence electrons. The number of benzene rings is 2. The zero-order chi connectivity index (χ0) is 17.1. The van der Waals surface area contributed by atoms with Crippen molar-refractivity contribution in [3.63, 3.8) is 0 Å². The second-order valence-corrected chi connectivity index (χ2v) is 6.45. The summed E-state index contributed by atoms with van der Waals surface area (Å²) in [6.07, 6.45) is 0.567. The van der Waals surface area contributed by atoms with Crippen molar-refractivity contribution in [2.45, 2.75) is 19.4 Å². The highest BCUT2D eigenvalue weighted by atomic mass is 79.9. The van der Waals surface area contributed by atoms with E-state index in [1.165, 1.54) is 4.90 Å². The van der Waals surface area contributed by atoms with Crippen molar-refractivity contribution in [2.24, 2.45) is 0 Å². The predicted octanol–water partition coefficient (Wildman–Crippen LogP) is 3.35. The maximum Gasteiger partial charge on any atom is 0.255 e. The first-order valence-electron chi connectivity index (χ1n) is 7.52. The number of carbonyl (C=O) groups excluding carboxylic acids is 3. The molecule has 3 amide bonds. The van der Waals surface area contributed by atoms with Gasteiger partial charge in [-0.05, 0) is 35.9 Å². The van der Waals surface area contributed by atoms with Crippen molar-refractivity contribution < 1.29 is 14.4 Å². The third-order valence-corrected chi connectivity index (χ3v) is 4.29. The number of amides is 3. The van der Waals surface area contributed by atoms with Crippen molar-refractivity contribution >= 4 is 39.3 Å². The van der Waals surface area contributed by atoms with E-state index in [2.05, 4.69) is 21.2 Å². The van der Waals surface area contributed by atoms with E-state index in [9.17, 15) is 14.4 Å². The van der Waals surface area contributed by atoms with E-state index in [4.69, 9.17) is 0 Å². The fourth-order valence-corrected chi connectivity index (χ4v) is 2.91. The minimum atomic E-state index is -0.215. The molecule has 24 heavy (non-hydrogen) atoms. The maximum atomic E-state index is 12.2. The number of likely N-dealkylation sites (tertiary alicyclic amines) is 1. The molecule has 5 nitrogen and oxygen atoms in total. The lowest BCUT2D eigenvalue weighted by Gasteiger charge is -2.14. The van der Waals surface area contributed by atoms with Crippen molar-refractivity contribution in [1.82, 2.24) is 4.90 Å². The highest BCUT2D eigenvalue weighted by Crippen LogP contribution is 2.18. The SMILES string of the molecule is O=C(Nc1cccc(Br)c1)c1ccc(CN2C(=O)CCC2=O)cc1. The van der Waals surface area contributed by atoms with E-state index < -0.39 is 0 Å². The van der Waals surface area contributed by atoms with Crippen LogP contribution in [0.25, 0.3) is 0 Å². The van der Waals surface area contributed by atoms with Crippen LogP contribution in [0.1, 0.15) is 28.8 Å². The van der Waals surface area contributed by atoms with Crippen molar-refractivity contribution in [3.05, 3.63) is 64.1 Å². The molecule has 1 saturated heterocycles. The van der Waals surface area contributed by atoms with Gasteiger partial charge in [0.2, 0.25) is 11.8 Å². The quantitative estimate of drug-likeness (QED) is 0.819. The van der Waals surface area contributed by atoms with E-state index in [0.29, 0.717) is 11.3 Å². The summed E-state index contributed by atoms with van der Waals surface area (Å²) in [6.45, 7) is 0.255. The first-order valence-corrected chi connectivity index (χ1v) is 8.31. The van der Waals surface area contributed by atoms with Gasteiger partial charge in [-0.15, -0.1) is 0 Å². The van der Waals surface area contributed by atoms with Crippen molar-refractivity contribution in [3.8, 4) is 0 Å². The predicted molar refractivity (Wildman–Crippen MR) is 93.3 cm³/mol. The zero-order valence-electron chi connectivity index (χ0n) is 12.8. The van der Waals surface area contributed by atoms with Crippen LogP contribution >= 0.6 is 15.9 Å². The van der Waals surface area contributed by atoms with Crippen LogP contribution in [0.3, 0.4) is 0 Å². The molecule has 1 heterocycles. The van der Waals surface area contributed by atoms with Gasteiger partial charge in [0.25, 0.3) is 5.91 Å². The van der Waals surface area contributed by atoms with Gasteiger partial charge in [-0.2, -0.15) is 0 Å². The molecule has 1 fully saturated rings. The molecule has 1 aliphatic heterocycles. The average Bonchev–Trinajstić information content (AvgIpc) is 2.87. The molecular formula is C18H15BrN2O3. The summed E-state index contributed by atoms with van der Waals surface area (Å²) in [5, 5.41) is 2.82. The number of rotatable bonds is 4. The summed E-state index contributed by atoms with van der Waals surface area (Å²) in [5.74, 6) is -0.499. The molecule has 1 aliphatic rings. The number of halogens is 1. The van der Waals surface area contributed by atoms with E-state index in [1.54, 1.807) is 24.3 Å². The number of hydrogen-bond donors (Lipinski definition) is 1. The zero-order valence-corrected chi connectivity index (χ0v) is 14.4. The second-order valence-electron chi connectivity index (χ2n) is 5.54. The topological polar surface area (TPSA) is 66.5 Å². The Bertz CT molecular complexity index is 786. The Labute approximate surface area is 147 Å². The number of imide groups is 1. The van der Waals surface area contributed by atoms with Crippen molar-refractivity contribution in [1.29, 1.82) is 0 Å². The molecule has 0 spiro atoms. The summed E-state index contributed by atoms with van der Waals surface area (Å²) < 4.78 is 0.885. The first kappa shape index (κ1) is 16.4. The smallest absolute Gasteiger partial charge is 0.255 e. The monoisotopic (exact) mass is 386 g/mol. The van der Waals surface area contributed by atoms with Gasteiger partial charge in [-0.3, -0.25) is 19.3 Å². The van der Waals surface area contributed by atoms with Crippen LogP contribution < -0.4 is 5.32 Å². The average molecular weight is 387 g/mol. The fraction of sp³-hybridized carbons (Fsp3) is 0.167. The number of anilines is 1. The van der Waals surface area contributed by atoms with Crippen LogP contribution in [0.4, 0.5) is 5.69 Å². The largest absolute Gasteiger partial charge is 0.322 e. The van der Waals surface area contributed by atoms with Gasteiger partial charge in [0.15, 0.2) is 0 Å². The van der Waals surface area contributed by atoms with E-state index in [-0.39, 0.29) is 37.1 Å². The van der Waals surface area contributed by atoms with Gasteiger partial charge < -0.3 is 5.32 Å². The van der Waals surface area contributed by atoms with Gasteiger partial charge in [0.1, 0.15) is 0 Å². The molecule has 2 aromatic carbocycles. The summed E-state index contributed by atoms with van der Waals surface area (Å²) in [7, 11) is 0. The van der Waals surface area contributed by atoms with Gasteiger partial charge in [0, 0.05) is 28.6 Å². The normalized spacial score (nSPS) is 14.1. The minimum absolute atomic E-state index is 0.142. The number of nitrogens with zero attached hydrogens (tertiary/aromatic N) is 1. The third-order valence-electron chi connectivity index (χ3n) is 3.79. The maximum absolute atomic E-state index is 12.2. The molecule has 2 aromatic rings. The lowest BCUT2D eigenvalue weighted by Crippen LogP contribution is -2.28. The van der Waals surface area contributed by atoms with E-state index in [0.717, 1.165) is 10.0 Å². The highest BCUT2D eigenvalue weighted by molar-refractivity contribution is 9.10. The molecule has 0 bridgehead atoms. The van der Waals surface area contributed by atoms with Crippen LogP contribution in [0.5, 0.6) is 0 Å². The molecule has 0 saturated carbocycles. The van der Waals surface area contributed by atoms with Crippen LogP contribution in [0.15, 0.2) is 53.0 Å². The molecule has 3 rings (SSSR count). The summed E-state index contributed by atoms with van der Waals surface area (Å²) in [5.41, 5.74) is 2.03. The van der Waals surface area contributed by atoms with Gasteiger partial charge in [-0.1, -0.05) is 34.1 Å². The van der Waals surface area contributed by atoms with Gasteiger partial charge in [-0.25, -0.2) is 0 Å². The molecule has 0 atom stereocenters. The van der Waals surface area contributed by atoms with Crippen LogP contribution in [0.2, 0.25) is 0 Å². The molecule has 6 heteroatoms. The molecule has 0 radical (unpaired) electrons. The summed E-state index contributed by atoms with van der Waals surface area (Å²) in [6, 6.07) is 14.2. The molecule has 0 unspecified atom stereocenters. The Kier molecular flexibility index (Phi) is 4.76. The number of hydrogen-bond acceptors (Lipinski definition) is 3. The van der Waals surface area contributed by atoms with Gasteiger partial charge >= 0.3 is 0 Å². The molecule has 0 aromatic heterocycles. The summed E-state index contributed by atoms with van der Waals surface area (Å²) in [4.78, 5) is 36.8. The fourth-order valence-electron chi connectivity index (χ4n) is 2.51. The van der Waals surface area contributed by atoms with Crippen LogP contribution in [-0.2, 0) is 16.1 Å². The Morgan fingerprint density at radius 1 is 1.04 bits per heavy atom. The van der Waals surface area contributed by atoms with Crippen molar-refractivity contribution in [2.75, 3.05) is 5.32 Å². The number of carbonyl (C=O) groups is 3. The first-order chi connectivity index (χ1) is 11.5. The van der Waals surface area contributed by atoms with Crippen LogP contribution in [0, 0.1) is 0 Å².